The van der Waals surface area contributed by atoms with E-state index in [1.54, 1.807) is 6.92 Å². The SMILES string of the molecule is CCN(CCC(F)(F)F)C(=O)c1cccc(S(=O)(=O)N2CCCCC2)c1. The number of sulfonamides is 1. The van der Waals surface area contributed by atoms with E-state index in [4.69, 9.17) is 0 Å². The maximum absolute atomic E-state index is 12.7. The van der Waals surface area contributed by atoms with Crippen molar-refractivity contribution in [3.63, 3.8) is 0 Å². The topological polar surface area (TPSA) is 57.7 Å². The highest BCUT2D eigenvalue weighted by atomic mass is 32.2. The van der Waals surface area contributed by atoms with Gasteiger partial charge in [0.2, 0.25) is 10.0 Å². The molecule has 26 heavy (non-hydrogen) atoms. The maximum Gasteiger partial charge on any atom is 0.390 e. The Morgan fingerprint density at radius 3 is 2.42 bits per heavy atom. The Morgan fingerprint density at radius 2 is 1.85 bits per heavy atom. The zero-order valence-corrected chi connectivity index (χ0v) is 15.4. The van der Waals surface area contributed by atoms with Crippen molar-refractivity contribution < 1.29 is 26.4 Å². The molecule has 0 N–H and O–H groups in total. The summed E-state index contributed by atoms with van der Waals surface area (Å²) in [5, 5.41) is 0. The molecular formula is C17H23F3N2O3S. The van der Waals surface area contributed by atoms with E-state index in [2.05, 4.69) is 0 Å². The molecule has 0 spiro atoms. The monoisotopic (exact) mass is 392 g/mol. The van der Waals surface area contributed by atoms with E-state index in [0.29, 0.717) is 13.1 Å². The molecule has 1 aliphatic heterocycles. The first-order chi connectivity index (χ1) is 12.1. The van der Waals surface area contributed by atoms with Crippen LogP contribution < -0.4 is 0 Å². The second-order valence-electron chi connectivity index (χ2n) is 6.24. The van der Waals surface area contributed by atoms with Gasteiger partial charge in [-0.3, -0.25) is 4.79 Å². The van der Waals surface area contributed by atoms with Crippen LogP contribution in [0.15, 0.2) is 29.2 Å². The van der Waals surface area contributed by atoms with Crippen molar-refractivity contribution in [1.82, 2.24) is 9.21 Å². The predicted octanol–water partition coefficient (Wildman–Crippen LogP) is 3.28. The zero-order chi connectivity index (χ0) is 19.4. The van der Waals surface area contributed by atoms with Crippen molar-refractivity contribution in [3.8, 4) is 0 Å². The van der Waals surface area contributed by atoms with E-state index in [-0.39, 0.29) is 17.0 Å². The van der Waals surface area contributed by atoms with Gasteiger partial charge in [-0.2, -0.15) is 17.5 Å². The van der Waals surface area contributed by atoms with Crippen LogP contribution in [-0.2, 0) is 10.0 Å². The Hall–Kier alpha value is -1.61. The Morgan fingerprint density at radius 1 is 1.19 bits per heavy atom. The van der Waals surface area contributed by atoms with Gasteiger partial charge in [-0.25, -0.2) is 8.42 Å². The van der Waals surface area contributed by atoms with Crippen LogP contribution in [0.4, 0.5) is 13.2 Å². The van der Waals surface area contributed by atoms with Gasteiger partial charge < -0.3 is 4.90 Å². The molecular weight excluding hydrogens is 369 g/mol. The summed E-state index contributed by atoms with van der Waals surface area (Å²) in [6, 6.07) is 5.53. The molecule has 0 aromatic heterocycles. The number of rotatable bonds is 6. The number of carbonyl (C=O) groups excluding carboxylic acids is 1. The van der Waals surface area contributed by atoms with Crippen molar-refractivity contribution >= 4 is 15.9 Å². The van der Waals surface area contributed by atoms with Crippen molar-refractivity contribution in [3.05, 3.63) is 29.8 Å². The molecule has 0 saturated carbocycles. The summed E-state index contributed by atoms with van der Waals surface area (Å²) in [6.07, 6.45) is -2.89. The van der Waals surface area contributed by atoms with Gasteiger partial charge in [0.25, 0.3) is 5.91 Å². The minimum absolute atomic E-state index is 0.00266. The molecule has 0 bridgehead atoms. The molecule has 1 aromatic rings. The van der Waals surface area contributed by atoms with Crippen LogP contribution in [0, 0.1) is 0 Å². The molecule has 1 amide bonds. The van der Waals surface area contributed by atoms with E-state index in [1.807, 2.05) is 0 Å². The molecule has 0 aliphatic carbocycles. The highest BCUT2D eigenvalue weighted by Gasteiger charge is 2.30. The summed E-state index contributed by atoms with van der Waals surface area (Å²) in [5.41, 5.74) is 0.0760. The van der Waals surface area contributed by atoms with Gasteiger partial charge >= 0.3 is 6.18 Å². The van der Waals surface area contributed by atoms with Gasteiger partial charge in [0.05, 0.1) is 11.3 Å². The van der Waals surface area contributed by atoms with Gasteiger partial charge in [-0.15, -0.1) is 0 Å². The molecule has 2 rings (SSSR count). The molecule has 0 unspecified atom stereocenters. The number of benzene rings is 1. The highest BCUT2D eigenvalue weighted by Crippen LogP contribution is 2.23. The minimum atomic E-state index is -4.35. The first-order valence-corrected chi connectivity index (χ1v) is 10.1. The zero-order valence-electron chi connectivity index (χ0n) is 14.6. The number of piperidine rings is 1. The standard InChI is InChI=1S/C17H23F3N2O3S/c1-2-21(12-9-17(18,19)20)16(23)14-7-6-8-15(13-14)26(24,25)22-10-4-3-5-11-22/h6-8,13H,2-5,9-12H2,1H3. The fourth-order valence-corrected chi connectivity index (χ4v) is 4.45. The Bertz CT molecular complexity index is 729. The molecule has 1 aromatic carbocycles. The van der Waals surface area contributed by atoms with Crippen LogP contribution in [0.25, 0.3) is 0 Å². The van der Waals surface area contributed by atoms with Gasteiger partial charge in [0.1, 0.15) is 0 Å². The van der Waals surface area contributed by atoms with Gasteiger partial charge in [0.15, 0.2) is 0 Å². The van der Waals surface area contributed by atoms with Gasteiger partial charge in [-0.05, 0) is 38.0 Å². The fraction of sp³-hybridized carbons (Fsp3) is 0.588. The number of nitrogens with zero attached hydrogens (tertiary/aromatic N) is 2. The minimum Gasteiger partial charge on any atom is -0.339 e. The molecule has 1 fully saturated rings. The molecule has 1 heterocycles. The van der Waals surface area contributed by atoms with E-state index < -0.39 is 35.1 Å². The number of amides is 1. The van der Waals surface area contributed by atoms with Crippen LogP contribution in [0.3, 0.4) is 0 Å². The summed E-state index contributed by atoms with van der Waals surface area (Å²) in [6.45, 7) is 2.11. The first kappa shape index (κ1) is 20.7. The smallest absolute Gasteiger partial charge is 0.339 e. The van der Waals surface area contributed by atoms with Crippen molar-refractivity contribution in [1.29, 1.82) is 0 Å². The Kier molecular flexibility index (Phi) is 6.68. The first-order valence-electron chi connectivity index (χ1n) is 8.61. The number of hydrogen-bond donors (Lipinski definition) is 0. The second-order valence-corrected chi connectivity index (χ2v) is 8.18. The van der Waals surface area contributed by atoms with Gasteiger partial charge in [-0.1, -0.05) is 12.5 Å². The summed E-state index contributed by atoms with van der Waals surface area (Å²) >= 11 is 0. The van der Waals surface area contributed by atoms with Crippen LogP contribution in [0.5, 0.6) is 0 Å². The second kappa shape index (κ2) is 8.39. The quantitative estimate of drug-likeness (QED) is 0.747. The molecule has 1 saturated heterocycles. The van der Waals surface area contributed by atoms with Crippen molar-refractivity contribution in [2.75, 3.05) is 26.2 Å². The lowest BCUT2D eigenvalue weighted by Gasteiger charge is -2.26. The summed E-state index contributed by atoms with van der Waals surface area (Å²) in [7, 11) is -3.70. The van der Waals surface area contributed by atoms with Gasteiger partial charge in [0, 0.05) is 31.7 Å². The van der Waals surface area contributed by atoms with Crippen molar-refractivity contribution in [2.45, 2.75) is 43.7 Å². The van der Waals surface area contributed by atoms with Crippen molar-refractivity contribution in [2.24, 2.45) is 0 Å². The lowest BCUT2D eigenvalue weighted by Crippen LogP contribution is -2.36. The lowest BCUT2D eigenvalue weighted by atomic mass is 10.2. The Balaban J connectivity index is 2.20. The molecule has 0 atom stereocenters. The van der Waals surface area contributed by atoms with E-state index in [9.17, 15) is 26.4 Å². The normalized spacial score (nSPS) is 16.5. The number of halogens is 3. The summed E-state index contributed by atoms with van der Waals surface area (Å²) in [4.78, 5) is 13.6. The lowest BCUT2D eigenvalue weighted by molar-refractivity contribution is -0.136. The molecule has 5 nitrogen and oxygen atoms in total. The summed E-state index contributed by atoms with van der Waals surface area (Å²) < 4.78 is 64.1. The number of alkyl halides is 3. The van der Waals surface area contributed by atoms with E-state index in [0.717, 1.165) is 24.2 Å². The molecule has 146 valence electrons. The summed E-state index contributed by atoms with van der Waals surface area (Å²) in [5.74, 6) is -0.604. The third-order valence-corrected chi connectivity index (χ3v) is 6.26. The van der Waals surface area contributed by atoms with E-state index in [1.165, 1.54) is 28.6 Å². The third kappa shape index (κ3) is 5.20. The van der Waals surface area contributed by atoms with Crippen LogP contribution in [0.2, 0.25) is 0 Å². The van der Waals surface area contributed by atoms with Crippen LogP contribution in [-0.4, -0.2) is 55.9 Å². The molecule has 9 heteroatoms. The number of carbonyl (C=O) groups is 1. The van der Waals surface area contributed by atoms with Crippen LogP contribution >= 0.6 is 0 Å². The highest BCUT2D eigenvalue weighted by molar-refractivity contribution is 7.89. The Labute approximate surface area is 151 Å². The molecule has 1 aliphatic rings. The largest absolute Gasteiger partial charge is 0.390 e. The maximum atomic E-state index is 12.7. The number of hydrogen-bond acceptors (Lipinski definition) is 3. The fourth-order valence-electron chi connectivity index (χ4n) is 2.89. The molecule has 0 radical (unpaired) electrons. The predicted molar refractivity (Wildman–Crippen MR) is 91.3 cm³/mol. The third-order valence-electron chi connectivity index (χ3n) is 4.37. The average Bonchev–Trinajstić information content (AvgIpc) is 2.62. The average molecular weight is 392 g/mol. The van der Waals surface area contributed by atoms with E-state index >= 15 is 0 Å². The van der Waals surface area contributed by atoms with Crippen LogP contribution in [0.1, 0.15) is 43.0 Å².